The van der Waals surface area contributed by atoms with Crippen molar-refractivity contribution in [3.63, 3.8) is 0 Å². The second-order valence-corrected chi connectivity index (χ2v) is 7.79. The van der Waals surface area contributed by atoms with Crippen LogP contribution in [0.4, 0.5) is 0 Å². The van der Waals surface area contributed by atoms with Crippen LogP contribution in [0.3, 0.4) is 0 Å². The molecule has 0 amide bonds. The number of rotatable bonds is 10. The number of hydrogen-bond acceptors (Lipinski definition) is 3. The Balaban J connectivity index is 1.73. The molecule has 0 fully saturated rings. The lowest BCUT2D eigenvalue weighted by molar-refractivity contribution is 0.323. The van der Waals surface area contributed by atoms with Gasteiger partial charge in [0.15, 0.2) is 11.5 Å². The van der Waals surface area contributed by atoms with Crippen LogP contribution in [0.5, 0.6) is 17.2 Å². The maximum Gasteiger partial charge on any atom is 0.203 e. The van der Waals surface area contributed by atoms with E-state index in [-0.39, 0.29) is 0 Å². The molecule has 3 aromatic rings. The summed E-state index contributed by atoms with van der Waals surface area (Å²) in [7, 11) is 4.96. The molecule has 0 saturated carbocycles. The van der Waals surface area contributed by atoms with Crippen molar-refractivity contribution in [1.82, 2.24) is 0 Å². The summed E-state index contributed by atoms with van der Waals surface area (Å²) in [4.78, 5) is 0. The Kier molecular flexibility index (Phi) is 7.78. The quantitative estimate of drug-likeness (QED) is 0.386. The van der Waals surface area contributed by atoms with Crippen LogP contribution in [0, 0.1) is 5.92 Å². The summed E-state index contributed by atoms with van der Waals surface area (Å²) in [6.45, 7) is 2.32. The van der Waals surface area contributed by atoms with Gasteiger partial charge >= 0.3 is 0 Å². The molecule has 1 unspecified atom stereocenters. The van der Waals surface area contributed by atoms with Gasteiger partial charge in [-0.3, -0.25) is 0 Å². The van der Waals surface area contributed by atoms with Crippen LogP contribution in [-0.2, 0) is 6.42 Å². The van der Waals surface area contributed by atoms with Crippen molar-refractivity contribution in [3.05, 3.63) is 89.5 Å². The first-order valence-electron chi connectivity index (χ1n) is 10.5. The summed E-state index contributed by atoms with van der Waals surface area (Å²) in [5.74, 6) is 3.01. The van der Waals surface area contributed by atoms with Gasteiger partial charge in [0.05, 0.1) is 21.3 Å². The average molecular weight is 405 g/mol. The molecule has 0 spiro atoms. The minimum Gasteiger partial charge on any atom is -0.493 e. The molecule has 1 atom stereocenters. The first-order valence-corrected chi connectivity index (χ1v) is 10.5. The molecular weight excluding hydrogens is 372 g/mol. The molecule has 0 N–H and O–H groups in total. The van der Waals surface area contributed by atoms with Crippen molar-refractivity contribution in [2.75, 3.05) is 21.3 Å². The number of ether oxygens (including phenoxy) is 3. The lowest BCUT2D eigenvalue weighted by Crippen LogP contribution is -2.07. The van der Waals surface area contributed by atoms with Crippen molar-refractivity contribution in [1.29, 1.82) is 0 Å². The Morgan fingerprint density at radius 3 is 1.60 bits per heavy atom. The fourth-order valence-electron chi connectivity index (χ4n) is 4.11. The highest BCUT2D eigenvalue weighted by molar-refractivity contribution is 5.53. The first kappa shape index (κ1) is 21.8. The highest BCUT2D eigenvalue weighted by atomic mass is 16.5. The molecule has 0 saturated heterocycles. The van der Waals surface area contributed by atoms with Gasteiger partial charge in [0.25, 0.3) is 0 Å². The third kappa shape index (κ3) is 5.35. The summed E-state index contributed by atoms with van der Waals surface area (Å²) < 4.78 is 16.5. The van der Waals surface area contributed by atoms with Gasteiger partial charge in [-0.2, -0.15) is 0 Å². The highest BCUT2D eigenvalue weighted by Gasteiger charge is 2.18. The van der Waals surface area contributed by atoms with E-state index in [9.17, 15) is 0 Å². The topological polar surface area (TPSA) is 27.7 Å². The standard InChI is InChI=1S/C27H32O3/c1-20(17-21-18-25(28-2)27(30-4)26(19-21)29-3)15-16-24(22-11-7-5-8-12-22)23-13-9-6-10-14-23/h5-14,18-20,24H,15-17H2,1-4H3. The fourth-order valence-corrected chi connectivity index (χ4v) is 4.11. The van der Waals surface area contributed by atoms with Crippen molar-refractivity contribution >= 4 is 0 Å². The number of hydrogen-bond donors (Lipinski definition) is 0. The molecule has 0 aliphatic carbocycles. The number of benzene rings is 3. The van der Waals surface area contributed by atoms with E-state index in [0.717, 1.165) is 19.3 Å². The first-order chi connectivity index (χ1) is 14.7. The maximum atomic E-state index is 5.51. The van der Waals surface area contributed by atoms with Crippen LogP contribution in [0.15, 0.2) is 72.8 Å². The molecule has 0 aromatic heterocycles. The van der Waals surface area contributed by atoms with Gasteiger partial charge < -0.3 is 14.2 Å². The monoisotopic (exact) mass is 404 g/mol. The van der Waals surface area contributed by atoms with Crippen LogP contribution in [-0.4, -0.2) is 21.3 Å². The van der Waals surface area contributed by atoms with Crippen molar-refractivity contribution in [2.24, 2.45) is 5.92 Å². The molecule has 3 heteroatoms. The van der Waals surface area contributed by atoms with Crippen LogP contribution < -0.4 is 14.2 Å². The van der Waals surface area contributed by atoms with Crippen LogP contribution in [0.25, 0.3) is 0 Å². The van der Waals surface area contributed by atoms with Gasteiger partial charge in [0.2, 0.25) is 5.75 Å². The lowest BCUT2D eigenvalue weighted by atomic mass is 9.84. The van der Waals surface area contributed by atoms with Crippen molar-refractivity contribution in [3.8, 4) is 17.2 Å². The van der Waals surface area contributed by atoms with E-state index >= 15 is 0 Å². The normalized spacial score (nSPS) is 11.9. The Hall–Kier alpha value is -2.94. The maximum absolute atomic E-state index is 5.51. The zero-order chi connectivity index (χ0) is 21.3. The molecule has 0 heterocycles. The fraction of sp³-hybridized carbons (Fsp3) is 0.333. The molecule has 0 bridgehead atoms. The summed E-state index contributed by atoms with van der Waals surface area (Å²) in [5.41, 5.74) is 3.96. The van der Waals surface area contributed by atoms with E-state index in [1.807, 2.05) is 0 Å². The van der Waals surface area contributed by atoms with Gasteiger partial charge in [-0.15, -0.1) is 0 Å². The Bertz CT molecular complexity index is 841. The second-order valence-electron chi connectivity index (χ2n) is 7.79. The van der Waals surface area contributed by atoms with E-state index in [2.05, 4.69) is 79.7 Å². The molecule has 0 radical (unpaired) electrons. The van der Waals surface area contributed by atoms with Crippen LogP contribution in [0.1, 0.15) is 42.4 Å². The van der Waals surface area contributed by atoms with E-state index in [0.29, 0.717) is 29.1 Å². The molecule has 0 aliphatic heterocycles. The minimum absolute atomic E-state index is 0.412. The molecule has 158 valence electrons. The summed E-state index contributed by atoms with van der Waals surface area (Å²) in [5, 5.41) is 0. The van der Waals surface area contributed by atoms with Gasteiger partial charge in [-0.05, 0) is 54.0 Å². The van der Waals surface area contributed by atoms with Gasteiger partial charge in [-0.1, -0.05) is 67.6 Å². The predicted octanol–water partition coefficient (Wildman–Crippen LogP) is 6.50. The SMILES string of the molecule is COc1cc(CC(C)CCC(c2ccccc2)c2ccccc2)cc(OC)c1OC. The molecule has 3 rings (SSSR count). The van der Waals surface area contributed by atoms with Crippen LogP contribution >= 0.6 is 0 Å². The third-order valence-electron chi connectivity index (χ3n) is 5.66. The average Bonchev–Trinajstić information content (AvgIpc) is 2.80. The Morgan fingerprint density at radius 2 is 1.17 bits per heavy atom. The third-order valence-corrected chi connectivity index (χ3v) is 5.66. The Labute approximate surface area is 180 Å². The number of methoxy groups -OCH3 is 3. The molecule has 3 nitrogen and oxygen atoms in total. The van der Waals surface area contributed by atoms with Crippen molar-refractivity contribution < 1.29 is 14.2 Å². The summed E-state index contributed by atoms with van der Waals surface area (Å²) in [6.07, 6.45) is 3.21. The van der Waals surface area contributed by atoms with E-state index < -0.39 is 0 Å². The summed E-state index contributed by atoms with van der Waals surface area (Å²) >= 11 is 0. The molecule has 0 aliphatic rings. The lowest BCUT2D eigenvalue weighted by Gasteiger charge is -2.21. The largest absolute Gasteiger partial charge is 0.493 e. The van der Waals surface area contributed by atoms with E-state index in [1.165, 1.54) is 16.7 Å². The van der Waals surface area contributed by atoms with Crippen LogP contribution in [0.2, 0.25) is 0 Å². The zero-order valence-corrected chi connectivity index (χ0v) is 18.4. The Morgan fingerprint density at radius 1 is 0.667 bits per heavy atom. The van der Waals surface area contributed by atoms with Crippen molar-refractivity contribution in [2.45, 2.75) is 32.1 Å². The van der Waals surface area contributed by atoms with Gasteiger partial charge in [0, 0.05) is 5.92 Å². The molecule has 3 aromatic carbocycles. The predicted molar refractivity (Wildman–Crippen MR) is 123 cm³/mol. The smallest absolute Gasteiger partial charge is 0.203 e. The van der Waals surface area contributed by atoms with E-state index in [1.54, 1.807) is 21.3 Å². The summed E-state index contributed by atoms with van der Waals surface area (Å²) in [6, 6.07) is 25.8. The second kappa shape index (κ2) is 10.7. The zero-order valence-electron chi connectivity index (χ0n) is 18.4. The molecular formula is C27H32O3. The minimum atomic E-state index is 0.412. The van der Waals surface area contributed by atoms with Gasteiger partial charge in [-0.25, -0.2) is 0 Å². The van der Waals surface area contributed by atoms with E-state index in [4.69, 9.17) is 14.2 Å². The van der Waals surface area contributed by atoms with Gasteiger partial charge in [0.1, 0.15) is 0 Å². The highest BCUT2D eigenvalue weighted by Crippen LogP contribution is 2.39. The molecule has 30 heavy (non-hydrogen) atoms.